The normalized spacial score (nSPS) is 26.8. The molecule has 1 aromatic rings. The molecule has 3 nitrogen and oxygen atoms in total. The van der Waals surface area contributed by atoms with Crippen molar-refractivity contribution in [2.24, 2.45) is 5.41 Å². The minimum atomic E-state index is 0.469. The molecule has 1 atom stereocenters. The van der Waals surface area contributed by atoms with E-state index in [1.54, 1.807) is 0 Å². The van der Waals surface area contributed by atoms with Gasteiger partial charge in [0.15, 0.2) is 0 Å². The molecule has 2 aliphatic heterocycles. The zero-order chi connectivity index (χ0) is 12.6. The Morgan fingerprint density at radius 1 is 1.44 bits per heavy atom. The van der Waals surface area contributed by atoms with Crippen molar-refractivity contribution in [1.82, 2.24) is 10.3 Å². The summed E-state index contributed by atoms with van der Waals surface area (Å²) in [6.45, 7) is 6.49. The zero-order valence-electron chi connectivity index (χ0n) is 10.9. The van der Waals surface area contributed by atoms with Gasteiger partial charge < -0.3 is 10.2 Å². The van der Waals surface area contributed by atoms with E-state index < -0.39 is 0 Å². The van der Waals surface area contributed by atoms with Crippen molar-refractivity contribution in [2.75, 3.05) is 31.1 Å². The average Bonchev–Trinajstić information content (AvgIpc) is 3.00. The Kier molecular flexibility index (Phi) is 2.76. The second kappa shape index (κ2) is 4.29. The van der Waals surface area contributed by atoms with Crippen LogP contribution in [0, 0.1) is 24.7 Å². The second-order valence-electron chi connectivity index (χ2n) is 5.56. The third kappa shape index (κ3) is 1.87. The Balaban J connectivity index is 1.86. The quantitative estimate of drug-likeness (QED) is 0.756. The standard InChI is InChI=1S/C15H19N3/c1-3-13-14(5-4-12(2)17-13)18-9-7-15(11-18)6-8-16-10-15/h1,4-5,16H,6-11H2,2H3. The summed E-state index contributed by atoms with van der Waals surface area (Å²) in [7, 11) is 0. The van der Waals surface area contributed by atoms with Gasteiger partial charge in [-0.1, -0.05) is 0 Å². The van der Waals surface area contributed by atoms with Crippen molar-refractivity contribution in [1.29, 1.82) is 0 Å². The summed E-state index contributed by atoms with van der Waals surface area (Å²) in [4.78, 5) is 6.87. The number of nitrogens with zero attached hydrogens (tertiary/aromatic N) is 2. The van der Waals surface area contributed by atoms with Gasteiger partial charge in [-0.25, -0.2) is 4.98 Å². The number of anilines is 1. The van der Waals surface area contributed by atoms with Crippen molar-refractivity contribution in [3.8, 4) is 12.3 Å². The number of hydrogen-bond donors (Lipinski definition) is 1. The molecule has 2 fully saturated rings. The number of aromatic nitrogens is 1. The third-order valence-electron chi connectivity index (χ3n) is 4.26. The van der Waals surface area contributed by atoms with Crippen LogP contribution in [0.5, 0.6) is 0 Å². The topological polar surface area (TPSA) is 28.2 Å². The highest BCUT2D eigenvalue weighted by Gasteiger charge is 2.40. The lowest BCUT2D eigenvalue weighted by Crippen LogP contribution is -2.29. The third-order valence-corrected chi connectivity index (χ3v) is 4.26. The van der Waals surface area contributed by atoms with E-state index in [1.807, 2.05) is 13.0 Å². The number of terminal acetylenes is 1. The van der Waals surface area contributed by atoms with Crippen LogP contribution in [0.25, 0.3) is 0 Å². The molecule has 1 N–H and O–H groups in total. The zero-order valence-corrected chi connectivity index (χ0v) is 10.9. The Labute approximate surface area is 109 Å². The maximum atomic E-state index is 5.58. The first kappa shape index (κ1) is 11.6. The summed E-state index contributed by atoms with van der Waals surface area (Å²) in [6.07, 6.45) is 8.13. The molecule has 0 aliphatic carbocycles. The minimum Gasteiger partial charge on any atom is -0.369 e. The maximum absolute atomic E-state index is 5.58. The lowest BCUT2D eigenvalue weighted by atomic mass is 9.86. The van der Waals surface area contributed by atoms with Crippen LogP contribution < -0.4 is 10.2 Å². The Morgan fingerprint density at radius 3 is 3.06 bits per heavy atom. The monoisotopic (exact) mass is 241 g/mol. The van der Waals surface area contributed by atoms with Crippen LogP contribution in [0.2, 0.25) is 0 Å². The van der Waals surface area contributed by atoms with Gasteiger partial charge in [-0.05, 0) is 44.4 Å². The van der Waals surface area contributed by atoms with Crippen molar-refractivity contribution in [2.45, 2.75) is 19.8 Å². The van der Waals surface area contributed by atoms with E-state index in [0.717, 1.165) is 43.3 Å². The number of rotatable bonds is 1. The van der Waals surface area contributed by atoms with E-state index in [0.29, 0.717) is 5.41 Å². The van der Waals surface area contributed by atoms with Gasteiger partial charge in [0.25, 0.3) is 0 Å². The minimum absolute atomic E-state index is 0.469. The van der Waals surface area contributed by atoms with Gasteiger partial charge in [0.1, 0.15) is 5.69 Å². The van der Waals surface area contributed by atoms with Gasteiger partial charge in [0.05, 0.1) is 5.69 Å². The highest BCUT2D eigenvalue weighted by Crippen LogP contribution is 2.38. The number of aryl methyl sites for hydroxylation is 1. The molecule has 3 heteroatoms. The fourth-order valence-corrected chi connectivity index (χ4v) is 3.20. The van der Waals surface area contributed by atoms with Gasteiger partial charge in [-0.3, -0.25) is 0 Å². The van der Waals surface area contributed by atoms with E-state index in [1.165, 1.54) is 12.8 Å². The fraction of sp³-hybridized carbons (Fsp3) is 0.533. The van der Waals surface area contributed by atoms with Crippen LogP contribution in [-0.4, -0.2) is 31.2 Å². The van der Waals surface area contributed by atoms with Crippen LogP contribution >= 0.6 is 0 Å². The SMILES string of the molecule is C#Cc1nc(C)ccc1N1CCC2(CCNC2)C1. The van der Waals surface area contributed by atoms with Gasteiger partial charge in [-0.15, -0.1) is 6.42 Å². The molecule has 0 aromatic carbocycles. The van der Waals surface area contributed by atoms with Crippen LogP contribution in [0.1, 0.15) is 24.2 Å². The summed E-state index contributed by atoms with van der Waals surface area (Å²) < 4.78 is 0. The molecule has 2 aliphatic rings. The molecule has 1 unspecified atom stereocenters. The van der Waals surface area contributed by atoms with Crippen LogP contribution in [-0.2, 0) is 0 Å². The largest absolute Gasteiger partial charge is 0.369 e. The van der Waals surface area contributed by atoms with Crippen LogP contribution in [0.4, 0.5) is 5.69 Å². The summed E-state index contributed by atoms with van der Waals surface area (Å²) >= 11 is 0. The molecule has 1 spiro atoms. The Hall–Kier alpha value is -1.53. The van der Waals surface area contributed by atoms with Crippen LogP contribution in [0.3, 0.4) is 0 Å². The molecular weight excluding hydrogens is 222 g/mol. The van der Waals surface area contributed by atoms with E-state index in [2.05, 4.69) is 27.2 Å². The Morgan fingerprint density at radius 2 is 2.33 bits per heavy atom. The molecule has 18 heavy (non-hydrogen) atoms. The molecule has 0 radical (unpaired) electrons. The first-order valence-corrected chi connectivity index (χ1v) is 6.62. The highest BCUT2D eigenvalue weighted by atomic mass is 15.2. The van der Waals surface area contributed by atoms with Crippen molar-refractivity contribution in [3.63, 3.8) is 0 Å². The smallest absolute Gasteiger partial charge is 0.136 e. The van der Waals surface area contributed by atoms with Gasteiger partial charge >= 0.3 is 0 Å². The van der Waals surface area contributed by atoms with Crippen molar-refractivity contribution >= 4 is 5.69 Å². The highest BCUT2D eigenvalue weighted by molar-refractivity contribution is 5.58. The predicted molar refractivity (Wildman–Crippen MR) is 73.7 cm³/mol. The summed E-state index contributed by atoms with van der Waals surface area (Å²) in [5.74, 6) is 2.72. The summed E-state index contributed by atoms with van der Waals surface area (Å²) in [5.41, 5.74) is 3.38. The lowest BCUT2D eigenvalue weighted by Gasteiger charge is -2.24. The molecule has 0 saturated carbocycles. The molecule has 2 saturated heterocycles. The number of nitrogens with one attached hydrogen (secondary N) is 1. The lowest BCUT2D eigenvalue weighted by molar-refractivity contribution is 0.369. The van der Waals surface area contributed by atoms with Gasteiger partial charge in [0, 0.05) is 30.7 Å². The summed E-state index contributed by atoms with van der Waals surface area (Å²) in [6, 6.07) is 4.17. The maximum Gasteiger partial charge on any atom is 0.136 e. The number of pyridine rings is 1. The van der Waals surface area contributed by atoms with E-state index >= 15 is 0 Å². The molecule has 1 aromatic heterocycles. The molecular formula is C15H19N3. The van der Waals surface area contributed by atoms with Crippen molar-refractivity contribution in [3.05, 3.63) is 23.5 Å². The molecule has 0 bridgehead atoms. The van der Waals surface area contributed by atoms with E-state index in [9.17, 15) is 0 Å². The van der Waals surface area contributed by atoms with E-state index in [4.69, 9.17) is 6.42 Å². The fourth-order valence-electron chi connectivity index (χ4n) is 3.20. The summed E-state index contributed by atoms with van der Waals surface area (Å²) in [5, 5.41) is 3.48. The first-order valence-electron chi connectivity index (χ1n) is 6.62. The first-order chi connectivity index (χ1) is 8.72. The van der Waals surface area contributed by atoms with Gasteiger partial charge in [0.2, 0.25) is 0 Å². The molecule has 0 amide bonds. The second-order valence-corrected chi connectivity index (χ2v) is 5.56. The molecule has 3 heterocycles. The van der Waals surface area contributed by atoms with Crippen LogP contribution in [0.15, 0.2) is 12.1 Å². The average molecular weight is 241 g/mol. The molecule has 3 rings (SSSR count). The molecule has 94 valence electrons. The van der Waals surface area contributed by atoms with Crippen molar-refractivity contribution < 1.29 is 0 Å². The Bertz CT molecular complexity index is 495. The van der Waals surface area contributed by atoms with E-state index in [-0.39, 0.29) is 0 Å². The predicted octanol–water partition coefficient (Wildman–Crippen LogP) is 1.56. The number of hydrogen-bond acceptors (Lipinski definition) is 3. The van der Waals surface area contributed by atoms with Gasteiger partial charge in [-0.2, -0.15) is 0 Å².